The van der Waals surface area contributed by atoms with Crippen LogP contribution in [0.25, 0.3) is 0 Å². The number of carbonyl (C=O) groups is 1. The Morgan fingerprint density at radius 2 is 1.52 bits per heavy atom. The summed E-state index contributed by atoms with van der Waals surface area (Å²) in [6, 6.07) is 3.99. The molecule has 0 saturated carbocycles. The molecule has 134 valence electrons. The number of rotatable bonds is 5. The van der Waals surface area contributed by atoms with Crippen molar-refractivity contribution in [3.63, 3.8) is 0 Å². The Kier molecular flexibility index (Phi) is 5.36. The third-order valence-electron chi connectivity index (χ3n) is 2.92. The average molecular weight is 381 g/mol. The van der Waals surface area contributed by atoms with Crippen LogP contribution in [0.5, 0.6) is 5.75 Å². The predicted octanol–water partition coefficient (Wildman–Crippen LogP) is 2.55. The van der Waals surface area contributed by atoms with E-state index in [4.69, 9.17) is 0 Å². The van der Waals surface area contributed by atoms with E-state index in [-0.39, 0.29) is 5.03 Å². The molecule has 2 rings (SSSR count). The number of ether oxygens (including phenoxy) is 1. The van der Waals surface area contributed by atoms with Gasteiger partial charge >= 0.3 is 5.97 Å². The van der Waals surface area contributed by atoms with Gasteiger partial charge in [0.25, 0.3) is 0 Å². The second kappa shape index (κ2) is 7.13. The maximum atomic E-state index is 13.4. The SMILES string of the molecule is O=C(CCS(=O)(=O)c1ccccn1)Oc1c(F)c(F)c(F)c(F)c1F. The summed E-state index contributed by atoms with van der Waals surface area (Å²) in [5.41, 5.74) is 0. The average Bonchev–Trinajstić information content (AvgIpc) is 2.61. The Hall–Kier alpha value is -2.56. The molecule has 0 bridgehead atoms. The third-order valence-corrected chi connectivity index (χ3v) is 4.54. The van der Waals surface area contributed by atoms with E-state index in [0.29, 0.717) is 0 Å². The lowest BCUT2D eigenvalue weighted by Crippen LogP contribution is -2.18. The van der Waals surface area contributed by atoms with Crippen LogP contribution in [0.3, 0.4) is 0 Å². The highest BCUT2D eigenvalue weighted by molar-refractivity contribution is 7.91. The molecule has 0 aliphatic heterocycles. The Morgan fingerprint density at radius 3 is 2.04 bits per heavy atom. The number of halogens is 5. The maximum absolute atomic E-state index is 13.4. The van der Waals surface area contributed by atoms with Crippen LogP contribution in [0.4, 0.5) is 22.0 Å². The van der Waals surface area contributed by atoms with E-state index < -0.39 is 62.8 Å². The normalized spacial score (nSPS) is 11.4. The third kappa shape index (κ3) is 3.92. The second-order valence-corrected chi connectivity index (χ2v) is 6.67. The Bertz CT molecular complexity index is 890. The van der Waals surface area contributed by atoms with E-state index in [1.165, 1.54) is 18.3 Å². The number of nitrogens with zero attached hydrogens (tertiary/aromatic N) is 1. The number of hydrogen-bond acceptors (Lipinski definition) is 5. The summed E-state index contributed by atoms with van der Waals surface area (Å²) in [6.45, 7) is 0. The summed E-state index contributed by atoms with van der Waals surface area (Å²) in [5, 5.41) is -0.348. The van der Waals surface area contributed by atoms with Gasteiger partial charge < -0.3 is 4.74 Å². The number of sulfone groups is 1. The molecule has 0 fully saturated rings. The lowest BCUT2D eigenvalue weighted by atomic mass is 10.2. The molecule has 0 saturated heterocycles. The first kappa shape index (κ1) is 18.8. The van der Waals surface area contributed by atoms with Crippen LogP contribution in [0.15, 0.2) is 29.4 Å². The van der Waals surface area contributed by atoms with Crippen molar-refractivity contribution < 1.29 is 39.9 Å². The molecule has 0 radical (unpaired) electrons. The van der Waals surface area contributed by atoms with Gasteiger partial charge in [-0.2, -0.15) is 8.78 Å². The lowest BCUT2D eigenvalue weighted by molar-refractivity contribution is -0.134. The zero-order valence-electron chi connectivity index (χ0n) is 12.1. The molecule has 0 spiro atoms. The van der Waals surface area contributed by atoms with Crippen molar-refractivity contribution >= 4 is 15.8 Å². The quantitative estimate of drug-likeness (QED) is 0.262. The topological polar surface area (TPSA) is 73.3 Å². The number of carbonyl (C=O) groups excluding carboxylic acids is 1. The van der Waals surface area contributed by atoms with E-state index in [1.54, 1.807) is 0 Å². The minimum absolute atomic E-state index is 0.348. The van der Waals surface area contributed by atoms with Crippen LogP contribution in [-0.2, 0) is 14.6 Å². The van der Waals surface area contributed by atoms with E-state index in [1.807, 2.05) is 0 Å². The molecule has 11 heteroatoms. The smallest absolute Gasteiger partial charge is 0.312 e. The highest BCUT2D eigenvalue weighted by Crippen LogP contribution is 2.29. The van der Waals surface area contributed by atoms with Crippen molar-refractivity contribution in [2.24, 2.45) is 0 Å². The first-order chi connectivity index (χ1) is 11.6. The number of hydrogen-bond donors (Lipinski definition) is 0. The number of benzene rings is 1. The van der Waals surface area contributed by atoms with Gasteiger partial charge in [0.15, 0.2) is 14.9 Å². The van der Waals surface area contributed by atoms with E-state index in [0.717, 1.165) is 6.07 Å². The lowest BCUT2D eigenvalue weighted by Gasteiger charge is -2.09. The van der Waals surface area contributed by atoms with Crippen LogP contribution in [0.1, 0.15) is 6.42 Å². The highest BCUT2D eigenvalue weighted by Gasteiger charge is 2.29. The fraction of sp³-hybridized carbons (Fsp3) is 0.143. The van der Waals surface area contributed by atoms with Gasteiger partial charge in [0.2, 0.25) is 34.8 Å². The van der Waals surface area contributed by atoms with E-state index >= 15 is 0 Å². The van der Waals surface area contributed by atoms with Crippen LogP contribution in [0, 0.1) is 29.1 Å². The molecular formula is C14H8F5NO4S. The van der Waals surface area contributed by atoms with Crippen LogP contribution in [0.2, 0.25) is 0 Å². The van der Waals surface area contributed by atoms with Crippen LogP contribution < -0.4 is 4.74 Å². The summed E-state index contributed by atoms with van der Waals surface area (Å²) in [5.74, 6) is -15.8. The largest absolute Gasteiger partial charge is 0.420 e. The summed E-state index contributed by atoms with van der Waals surface area (Å²) in [7, 11) is -4.00. The van der Waals surface area contributed by atoms with Gasteiger partial charge in [0.05, 0.1) is 12.2 Å². The van der Waals surface area contributed by atoms with Crippen molar-refractivity contribution in [3.8, 4) is 5.75 Å². The molecule has 25 heavy (non-hydrogen) atoms. The number of pyridine rings is 1. The zero-order chi connectivity index (χ0) is 18.8. The Morgan fingerprint density at radius 1 is 0.960 bits per heavy atom. The van der Waals surface area contributed by atoms with Gasteiger partial charge in [-0.15, -0.1) is 0 Å². The standard InChI is InChI=1S/C14H8F5NO4S/c15-9-10(16)12(18)14(13(19)11(9)17)24-8(21)4-6-25(22,23)7-3-1-2-5-20-7/h1-3,5H,4,6H2. The number of aromatic nitrogens is 1. The van der Waals surface area contributed by atoms with E-state index in [9.17, 15) is 35.2 Å². The molecule has 1 heterocycles. The van der Waals surface area contributed by atoms with E-state index in [2.05, 4.69) is 9.72 Å². The number of esters is 1. The Balaban J connectivity index is 2.14. The van der Waals surface area contributed by atoms with Crippen LogP contribution in [-0.4, -0.2) is 25.1 Å². The molecule has 1 aromatic carbocycles. The monoisotopic (exact) mass is 381 g/mol. The van der Waals surface area contributed by atoms with Crippen molar-refractivity contribution in [1.29, 1.82) is 0 Å². The van der Waals surface area contributed by atoms with Gasteiger partial charge in [0, 0.05) is 6.20 Å². The minimum atomic E-state index is -4.00. The van der Waals surface area contributed by atoms with Crippen molar-refractivity contribution in [1.82, 2.24) is 4.98 Å². The second-order valence-electron chi connectivity index (χ2n) is 4.61. The van der Waals surface area contributed by atoms with Gasteiger partial charge in [0.1, 0.15) is 0 Å². The molecule has 1 aromatic heterocycles. The van der Waals surface area contributed by atoms with Crippen LogP contribution >= 0.6 is 0 Å². The van der Waals surface area contributed by atoms with Crippen molar-refractivity contribution in [3.05, 3.63) is 53.5 Å². The fourth-order valence-electron chi connectivity index (χ4n) is 1.69. The predicted molar refractivity (Wildman–Crippen MR) is 72.8 cm³/mol. The highest BCUT2D eigenvalue weighted by atomic mass is 32.2. The summed E-state index contributed by atoms with van der Waals surface area (Å²) in [4.78, 5) is 15.1. The van der Waals surface area contributed by atoms with Gasteiger partial charge in [-0.05, 0) is 12.1 Å². The van der Waals surface area contributed by atoms with Gasteiger partial charge in [-0.25, -0.2) is 26.6 Å². The fourth-order valence-corrected chi connectivity index (χ4v) is 2.84. The van der Waals surface area contributed by atoms with Crippen molar-refractivity contribution in [2.45, 2.75) is 11.4 Å². The summed E-state index contributed by atoms with van der Waals surface area (Å²) < 4.78 is 93.5. The molecule has 0 atom stereocenters. The van der Waals surface area contributed by atoms with Gasteiger partial charge in [-0.3, -0.25) is 4.79 Å². The first-order valence-corrected chi connectivity index (χ1v) is 8.16. The van der Waals surface area contributed by atoms with Gasteiger partial charge in [-0.1, -0.05) is 6.07 Å². The summed E-state index contributed by atoms with van der Waals surface area (Å²) in [6.07, 6.45) is 0.304. The first-order valence-electron chi connectivity index (χ1n) is 6.51. The molecule has 5 nitrogen and oxygen atoms in total. The molecule has 0 N–H and O–H groups in total. The maximum Gasteiger partial charge on any atom is 0.312 e. The minimum Gasteiger partial charge on any atom is -0.420 e. The summed E-state index contributed by atoms with van der Waals surface area (Å²) >= 11 is 0. The molecule has 0 aliphatic carbocycles. The molecule has 0 unspecified atom stereocenters. The Labute approximate surface area is 138 Å². The molecule has 0 aliphatic rings. The molecular weight excluding hydrogens is 373 g/mol. The molecule has 0 amide bonds. The zero-order valence-corrected chi connectivity index (χ0v) is 12.9. The van der Waals surface area contributed by atoms with Crippen molar-refractivity contribution in [2.75, 3.05) is 5.75 Å². The molecule has 2 aromatic rings.